The Labute approximate surface area is 98.7 Å². The number of anilines is 1. The topological polar surface area (TPSA) is 37.0 Å². The Hall–Kier alpha value is -1.09. The van der Waals surface area contributed by atoms with Crippen molar-refractivity contribution in [2.45, 2.75) is 33.7 Å². The number of nitrogens with zero attached hydrogens (tertiary/aromatic N) is 1. The lowest BCUT2D eigenvalue weighted by Gasteiger charge is -2.22. The van der Waals surface area contributed by atoms with Gasteiger partial charge in [0.05, 0.1) is 0 Å². The summed E-state index contributed by atoms with van der Waals surface area (Å²) in [6.07, 6.45) is 2.90. The fourth-order valence-corrected chi connectivity index (χ4v) is 1.83. The van der Waals surface area contributed by atoms with Gasteiger partial charge in [0.25, 0.3) is 0 Å². The van der Waals surface area contributed by atoms with Crippen molar-refractivity contribution in [3.8, 4) is 0 Å². The number of pyridine rings is 1. The fraction of sp³-hybridized carbons (Fsp3) is 0.615. The number of nitrogens with one attached hydrogen (secondary N) is 2. The average Bonchev–Trinajstić information content (AvgIpc) is 2.19. The summed E-state index contributed by atoms with van der Waals surface area (Å²) >= 11 is 0. The maximum atomic E-state index is 4.39. The number of rotatable bonds is 4. The second-order valence-corrected chi connectivity index (χ2v) is 5.32. The Bertz CT molecular complexity index is 340. The number of hydrogen-bond donors (Lipinski definition) is 2. The van der Waals surface area contributed by atoms with Gasteiger partial charge in [-0.3, -0.25) is 0 Å². The van der Waals surface area contributed by atoms with Crippen LogP contribution in [0.5, 0.6) is 0 Å². The molecule has 3 nitrogen and oxygen atoms in total. The smallest absolute Gasteiger partial charge is 0.129 e. The summed E-state index contributed by atoms with van der Waals surface area (Å²) in [6.45, 7) is 7.65. The van der Waals surface area contributed by atoms with Crippen molar-refractivity contribution in [1.29, 1.82) is 0 Å². The lowest BCUT2D eigenvalue weighted by molar-refractivity contribution is 0.409. The van der Waals surface area contributed by atoms with Gasteiger partial charge in [-0.15, -0.1) is 0 Å². The molecule has 0 aromatic carbocycles. The van der Waals surface area contributed by atoms with E-state index in [1.807, 2.05) is 20.3 Å². The second kappa shape index (κ2) is 5.30. The van der Waals surface area contributed by atoms with Gasteiger partial charge in [-0.2, -0.15) is 0 Å². The third-order valence-corrected chi connectivity index (χ3v) is 2.46. The molecule has 1 aromatic rings. The zero-order valence-electron chi connectivity index (χ0n) is 11.0. The Morgan fingerprint density at radius 1 is 1.25 bits per heavy atom. The van der Waals surface area contributed by atoms with Crippen LogP contribution in [0.15, 0.2) is 12.3 Å². The van der Waals surface area contributed by atoms with Gasteiger partial charge >= 0.3 is 0 Å². The lowest BCUT2D eigenvalue weighted by Crippen LogP contribution is -2.16. The summed E-state index contributed by atoms with van der Waals surface area (Å²) in [4.78, 5) is 4.39. The van der Waals surface area contributed by atoms with Crippen molar-refractivity contribution in [2.75, 3.05) is 19.4 Å². The first-order valence-corrected chi connectivity index (χ1v) is 5.77. The van der Waals surface area contributed by atoms with Gasteiger partial charge in [-0.1, -0.05) is 20.8 Å². The Kier molecular flexibility index (Phi) is 4.30. The molecule has 2 N–H and O–H groups in total. The molecule has 1 rings (SSSR count). The molecule has 3 heteroatoms. The van der Waals surface area contributed by atoms with E-state index in [0.717, 1.165) is 18.8 Å². The van der Waals surface area contributed by atoms with E-state index in [1.165, 1.54) is 11.1 Å². The van der Waals surface area contributed by atoms with Crippen LogP contribution in [0.1, 0.15) is 31.9 Å². The summed E-state index contributed by atoms with van der Waals surface area (Å²) in [5, 5.41) is 6.38. The van der Waals surface area contributed by atoms with Crippen LogP contribution in [0.3, 0.4) is 0 Å². The summed E-state index contributed by atoms with van der Waals surface area (Å²) in [5.41, 5.74) is 2.93. The number of hydrogen-bond acceptors (Lipinski definition) is 3. The van der Waals surface area contributed by atoms with Crippen molar-refractivity contribution < 1.29 is 0 Å². The number of aromatic nitrogens is 1. The van der Waals surface area contributed by atoms with Crippen molar-refractivity contribution in [3.63, 3.8) is 0 Å². The highest BCUT2D eigenvalue weighted by molar-refractivity contribution is 5.48. The van der Waals surface area contributed by atoms with Crippen LogP contribution >= 0.6 is 0 Å². The highest BCUT2D eigenvalue weighted by Gasteiger charge is 2.17. The predicted octanol–water partition coefficient (Wildman–Crippen LogP) is 2.43. The van der Waals surface area contributed by atoms with Crippen LogP contribution in [-0.4, -0.2) is 19.1 Å². The molecule has 1 heterocycles. The summed E-state index contributed by atoms with van der Waals surface area (Å²) < 4.78 is 0. The molecule has 1 aromatic heterocycles. The van der Waals surface area contributed by atoms with Crippen LogP contribution in [0, 0.1) is 5.41 Å². The molecule has 0 saturated carbocycles. The summed E-state index contributed by atoms with van der Waals surface area (Å²) in [5.74, 6) is 1.00. The van der Waals surface area contributed by atoms with Gasteiger partial charge in [0.15, 0.2) is 0 Å². The van der Waals surface area contributed by atoms with Crippen molar-refractivity contribution >= 4 is 5.82 Å². The van der Waals surface area contributed by atoms with Crippen LogP contribution in [0.4, 0.5) is 5.82 Å². The fourth-order valence-electron chi connectivity index (χ4n) is 1.83. The first kappa shape index (κ1) is 13.0. The Morgan fingerprint density at radius 3 is 2.44 bits per heavy atom. The zero-order valence-corrected chi connectivity index (χ0v) is 11.0. The normalized spacial score (nSPS) is 11.6. The minimum atomic E-state index is 0.275. The molecular formula is C13H23N3. The van der Waals surface area contributed by atoms with Crippen LogP contribution in [0.25, 0.3) is 0 Å². The van der Waals surface area contributed by atoms with E-state index in [2.05, 4.69) is 42.5 Å². The van der Waals surface area contributed by atoms with E-state index in [-0.39, 0.29) is 5.41 Å². The van der Waals surface area contributed by atoms with E-state index in [1.54, 1.807) is 0 Å². The van der Waals surface area contributed by atoms with Gasteiger partial charge in [0, 0.05) is 19.8 Å². The molecule has 0 radical (unpaired) electrons. The molecule has 0 aliphatic heterocycles. The highest BCUT2D eigenvalue weighted by Crippen LogP contribution is 2.27. The zero-order chi connectivity index (χ0) is 12.2. The molecule has 0 amide bonds. The average molecular weight is 221 g/mol. The van der Waals surface area contributed by atoms with Crippen LogP contribution in [0.2, 0.25) is 0 Å². The second-order valence-electron chi connectivity index (χ2n) is 5.32. The first-order chi connectivity index (χ1) is 7.48. The first-order valence-electron chi connectivity index (χ1n) is 5.77. The molecule has 16 heavy (non-hydrogen) atoms. The molecule has 0 bridgehead atoms. The van der Waals surface area contributed by atoms with Gasteiger partial charge in [-0.25, -0.2) is 4.98 Å². The maximum absolute atomic E-state index is 4.39. The molecule has 0 atom stereocenters. The van der Waals surface area contributed by atoms with Crippen molar-refractivity contribution in [2.24, 2.45) is 5.41 Å². The lowest BCUT2D eigenvalue weighted by atomic mass is 9.86. The highest BCUT2D eigenvalue weighted by atomic mass is 15.0. The standard InChI is InChI=1S/C13H23N3/c1-13(2,3)8-11-10(9-14-4)6-7-16-12(11)15-5/h6-7,14H,8-9H2,1-5H3,(H,15,16). The minimum Gasteiger partial charge on any atom is -0.373 e. The van der Waals surface area contributed by atoms with Crippen molar-refractivity contribution in [1.82, 2.24) is 10.3 Å². The minimum absolute atomic E-state index is 0.275. The van der Waals surface area contributed by atoms with Crippen LogP contribution < -0.4 is 10.6 Å². The molecule has 0 fully saturated rings. The molecule has 0 saturated heterocycles. The largest absolute Gasteiger partial charge is 0.373 e. The quantitative estimate of drug-likeness (QED) is 0.820. The molecule has 0 aliphatic carbocycles. The van der Waals surface area contributed by atoms with Crippen LogP contribution in [-0.2, 0) is 13.0 Å². The third-order valence-electron chi connectivity index (χ3n) is 2.46. The van der Waals surface area contributed by atoms with Crippen molar-refractivity contribution in [3.05, 3.63) is 23.4 Å². The SMILES string of the molecule is CNCc1ccnc(NC)c1CC(C)(C)C. The van der Waals surface area contributed by atoms with E-state index in [4.69, 9.17) is 0 Å². The van der Waals surface area contributed by atoms with E-state index < -0.39 is 0 Å². The van der Waals surface area contributed by atoms with Gasteiger partial charge in [0.2, 0.25) is 0 Å². The predicted molar refractivity (Wildman–Crippen MR) is 69.7 cm³/mol. The molecular weight excluding hydrogens is 198 g/mol. The molecule has 0 spiro atoms. The van der Waals surface area contributed by atoms with E-state index >= 15 is 0 Å². The Morgan fingerprint density at radius 2 is 1.94 bits per heavy atom. The van der Waals surface area contributed by atoms with Gasteiger partial charge in [0.1, 0.15) is 5.82 Å². The molecule has 0 unspecified atom stereocenters. The van der Waals surface area contributed by atoms with Gasteiger partial charge in [-0.05, 0) is 36.1 Å². The third kappa shape index (κ3) is 3.49. The summed E-state index contributed by atoms with van der Waals surface area (Å²) in [6, 6.07) is 2.10. The summed E-state index contributed by atoms with van der Waals surface area (Å²) in [7, 11) is 3.90. The molecule has 0 aliphatic rings. The Balaban J connectivity index is 3.09. The molecule has 90 valence electrons. The van der Waals surface area contributed by atoms with E-state index in [9.17, 15) is 0 Å². The monoisotopic (exact) mass is 221 g/mol. The van der Waals surface area contributed by atoms with E-state index in [0.29, 0.717) is 0 Å². The maximum Gasteiger partial charge on any atom is 0.129 e. The van der Waals surface area contributed by atoms with Gasteiger partial charge < -0.3 is 10.6 Å².